The Kier molecular flexibility index (Phi) is 5.23. The molecule has 1 aliphatic rings. The largest absolute Gasteiger partial charge is 0.772 e. The Morgan fingerprint density at radius 1 is 1.08 bits per heavy atom. The molecule has 0 heterocycles. The number of nitrogens with two attached hydrogens (primary N) is 1. The van der Waals surface area contributed by atoms with E-state index >= 15 is 0 Å². The second-order valence-electron chi connectivity index (χ2n) is 5.96. The summed E-state index contributed by atoms with van der Waals surface area (Å²) in [6.45, 7) is 0.304. The molecule has 0 saturated heterocycles. The lowest BCUT2D eigenvalue weighted by molar-refractivity contribution is 0.536. The number of rotatable bonds is 5. The molecule has 0 aromatic heterocycles. The van der Waals surface area contributed by atoms with Crippen molar-refractivity contribution in [2.45, 2.75) is 31.6 Å². The molecule has 0 spiro atoms. The molecular weight excluding hydrogens is 325 g/mol. The van der Waals surface area contributed by atoms with Crippen LogP contribution in [0.5, 0.6) is 0 Å². The van der Waals surface area contributed by atoms with Crippen LogP contribution in [0.1, 0.15) is 41.5 Å². The summed E-state index contributed by atoms with van der Waals surface area (Å²) in [7, 11) is 0. The number of benzene rings is 2. The predicted octanol–water partition coefficient (Wildman–Crippen LogP) is 3.76. The predicted molar refractivity (Wildman–Crippen MR) is 94.0 cm³/mol. The van der Waals surface area contributed by atoms with E-state index in [4.69, 9.17) is 5.73 Å². The first kappa shape index (κ1) is 17.0. The summed E-state index contributed by atoms with van der Waals surface area (Å²) in [4.78, 5) is 0. The maximum Gasteiger partial charge on any atom is 0.123 e. The van der Waals surface area contributed by atoms with Gasteiger partial charge in [0, 0.05) is 12.3 Å². The second-order valence-corrected chi connectivity index (χ2v) is 6.86. The molecule has 126 valence electrons. The molecule has 5 heteroatoms. The Labute approximate surface area is 143 Å². The quantitative estimate of drug-likeness (QED) is 0.840. The zero-order valence-corrected chi connectivity index (χ0v) is 14.1. The van der Waals surface area contributed by atoms with Crippen molar-refractivity contribution in [2.75, 3.05) is 0 Å². The topological polar surface area (TPSA) is 66.2 Å². The first-order chi connectivity index (χ1) is 11.6. The van der Waals surface area contributed by atoms with E-state index in [1.54, 1.807) is 0 Å². The lowest BCUT2D eigenvalue weighted by Crippen LogP contribution is -2.02. The van der Waals surface area contributed by atoms with Crippen molar-refractivity contribution in [2.24, 2.45) is 5.73 Å². The SMILES string of the molecule is NCc1cc(F)ccc1C1=C(c2ccc(CS(=O)[O-])cc2)CCC1. The van der Waals surface area contributed by atoms with Crippen molar-refractivity contribution in [1.29, 1.82) is 0 Å². The van der Waals surface area contributed by atoms with E-state index in [0.717, 1.165) is 41.5 Å². The zero-order chi connectivity index (χ0) is 17.1. The lowest BCUT2D eigenvalue weighted by Gasteiger charge is -2.13. The number of halogens is 1. The van der Waals surface area contributed by atoms with E-state index < -0.39 is 11.1 Å². The van der Waals surface area contributed by atoms with Gasteiger partial charge in [0.05, 0.1) is 0 Å². The van der Waals surface area contributed by atoms with Crippen molar-refractivity contribution in [1.82, 2.24) is 0 Å². The van der Waals surface area contributed by atoms with Crippen LogP contribution in [0.3, 0.4) is 0 Å². The molecule has 2 aromatic rings. The summed E-state index contributed by atoms with van der Waals surface area (Å²) in [6.07, 6.45) is 2.96. The van der Waals surface area contributed by atoms with Crippen LogP contribution in [0.4, 0.5) is 4.39 Å². The summed E-state index contributed by atoms with van der Waals surface area (Å²) in [5.41, 5.74) is 12.0. The zero-order valence-electron chi connectivity index (χ0n) is 13.3. The summed E-state index contributed by atoms with van der Waals surface area (Å²) >= 11 is -2.08. The Morgan fingerprint density at radius 2 is 1.79 bits per heavy atom. The first-order valence-electron chi connectivity index (χ1n) is 7.94. The number of hydrogen-bond acceptors (Lipinski definition) is 3. The lowest BCUT2D eigenvalue weighted by atomic mass is 9.93. The fourth-order valence-corrected chi connectivity index (χ4v) is 3.79. The highest BCUT2D eigenvalue weighted by molar-refractivity contribution is 7.78. The Bertz CT molecular complexity index is 800. The van der Waals surface area contributed by atoms with Gasteiger partial charge in [0.25, 0.3) is 0 Å². The molecule has 0 saturated carbocycles. The minimum Gasteiger partial charge on any atom is -0.772 e. The Morgan fingerprint density at radius 3 is 2.46 bits per heavy atom. The van der Waals surface area contributed by atoms with Gasteiger partial charge in [-0.1, -0.05) is 41.4 Å². The fraction of sp³-hybridized carbons (Fsp3) is 0.263. The molecule has 0 aliphatic heterocycles. The highest BCUT2D eigenvalue weighted by Gasteiger charge is 2.19. The molecule has 0 radical (unpaired) electrons. The van der Waals surface area contributed by atoms with Crippen LogP contribution in [0, 0.1) is 5.82 Å². The maximum absolute atomic E-state index is 13.5. The average molecular weight is 344 g/mol. The molecule has 2 N–H and O–H groups in total. The second kappa shape index (κ2) is 7.38. The van der Waals surface area contributed by atoms with E-state index in [1.165, 1.54) is 23.3 Å². The highest BCUT2D eigenvalue weighted by Crippen LogP contribution is 2.41. The van der Waals surface area contributed by atoms with E-state index in [2.05, 4.69) is 0 Å². The molecule has 1 aliphatic carbocycles. The summed E-state index contributed by atoms with van der Waals surface area (Å²) in [5.74, 6) is -0.240. The van der Waals surface area contributed by atoms with Gasteiger partial charge in [-0.3, -0.25) is 4.21 Å². The molecule has 2 aromatic carbocycles. The van der Waals surface area contributed by atoms with Gasteiger partial charge in [0.1, 0.15) is 5.82 Å². The van der Waals surface area contributed by atoms with Gasteiger partial charge in [-0.25, -0.2) is 4.39 Å². The standard InChI is InChI=1S/C19H20FNO2S/c20-16-8-9-18(15(10-16)11-21)19-3-1-2-17(19)14-6-4-13(5-7-14)12-24(22)23/h4-10H,1-3,11-12,21H2,(H,22,23)/p-1. The fourth-order valence-electron chi connectivity index (χ4n) is 3.32. The van der Waals surface area contributed by atoms with Crippen LogP contribution in [0.2, 0.25) is 0 Å². The van der Waals surface area contributed by atoms with Crippen LogP contribution in [-0.4, -0.2) is 8.76 Å². The molecule has 1 unspecified atom stereocenters. The third kappa shape index (κ3) is 3.64. The molecule has 3 rings (SSSR count). The Balaban J connectivity index is 1.99. The molecule has 24 heavy (non-hydrogen) atoms. The van der Waals surface area contributed by atoms with E-state index in [-0.39, 0.29) is 11.6 Å². The molecule has 0 bridgehead atoms. The van der Waals surface area contributed by atoms with Gasteiger partial charge in [0.2, 0.25) is 0 Å². The van der Waals surface area contributed by atoms with Gasteiger partial charge in [-0.05, 0) is 64.8 Å². The van der Waals surface area contributed by atoms with Crippen molar-refractivity contribution < 1.29 is 13.2 Å². The van der Waals surface area contributed by atoms with Crippen LogP contribution in [0.25, 0.3) is 11.1 Å². The van der Waals surface area contributed by atoms with Gasteiger partial charge >= 0.3 is 0 Å². The summed E-state index contributed by atoms with van der Waals surface area (Å²) in [5, 5.41) is 0. The summed E-state index contributed by atoms with van der Waals surface area (Å²) < 4.78 is 35.1. The number of hydrogen-bond donors (Lipinski definition) is 1. The third-order valence-corrected chi connectivity index (χ3v) is 4.99. The van der Waals surface area contributed by atoms with E-state index in [9.17, 15) is 13.2 Å². The minimum absolute atomic E-state index is 0.0292. The van der Waals surface area contributed by atoms with Crippen molar-refractivity contribution in [3.8, 4) is 0 Å². The van der Waals surface area contributed by atoms with Gasteiger partial charge in [0.15, 0.2) is 0 Å². The molecule has 3 nitrogen and oxygen atoms in total. The van der Waals surface area contributed by atoms with Crippen molar-refractivity contribution >= 4 is 22.2 Å². The number of allylic oxidation sites excluding steroid dienone is 2. The van der Waals surface area contributed by atoms with Crippen molar-refractivity contribution in [3.05, 3.63) is 70.5 Å². The maximum atomic E-state index is 13.5. The monoisotopic (exact) mass is 344 g/mol. The Hall–Kier alpha value is -1.82. The van der Waals surface area contributed by atoms with E-state index in [1.807, 2.05) is 30.3 Å². The van der Waals surface area contributed by atoms with Gasteiger partial charge in [-0.2, -0.15) is 0 Å². The van der Waals surface area contributed by atoms with Gasteiger partial charge in [-0.15, -0.1) is 0 Å². The smallest absolute Gasteiger partial charge is 0.123 e. The third-order valence-electron chi connectivity index (χ3n) is 4.42. The van der Waals surface area contributed by atoms with Crippen LogP contribution >= 0.6 is 0 Å². The van der Waals surface area contributed by atoms with Crippen molar-refractivity contribution in [3.63, 3.8) is 0 Å². The molecule has 1 atom stereocenters. The van der Waals surface area contributed by atoms with Crippen LogP contribution < -0.4 is 5.73 Å². The average Bonchev–Trinajstić information content (AvgIpc) is 3.04. The van der Waals surface area contributed by atoms with Crippen LogP contribution in [-0.2, 0) is 23.4 Å². The molecule has 0 fully saturated rings. The molecular formula is C19H19FNO2S-. The van der Waals surface area contributed by atoms with Gasteiger partial charge < -0.3 is 10.3 Å². The van der Waals surface area contributed by atoms with E-state index in [0.29, 0.717) is 6.54 Å². The minimum atomic E-state index is -2.08. The normalized spacial score (nSPS) is 15.8. The first-order valence-corrected chi connectivity index (χ1v) is 9.19. The molecule has 0 amide bonds. The summed E-state index contributed by atoms with van der Waals surface area (Å²) in [6, 6.07) is 12.4. The van der Waals surface area contributed by atoms with Crippen LogP contribution in [0.15, 0.2) is 42.5 Å². The highest BCUT2D eigenvalue weighted by atomic mass is 32.2.